The van der Waals surface area contributed by atoms with E-state index in [4.69, 9.17) is 16.3 Å². The maximum atomic E-state index is 6.14. The highest BCUT2D eigenvalue weighted by Crippen LogP contribution is 2.19. The Bertz CT molecular complexity index is 569. The number of hydrogen-bond acceptors (Lipinski definition) is 2. The molecule has 0 atom stereocenters. The SMILES string of the molecule is CN(C)CCCc1cccc(OCc2ccccc2Cl)c1. The van der Waals surface area contributed by atoms with Gasteiger partial charge in [0.15, 0.2) is 0 Å². The third kappa shape index (κ3) is 5.41. The van der Waals surface area contributed by atoms with Gasteiger partial charge in [-0.1, -0.05) is 41.9 Å². The molecule has 2 aromatic carbocycles. The average molecular weight is 304 g/mol. The predicted molar refractivity (Wildman–Crippen MR) is 89.1 cm³/mol. The Kier molecular flexibility index (Phi) is 6.09. The molecule has 2 aromatic rings. The van der Waals surface area contributed by atoms with Crippen molar-refractivity contribution in [3.8, 4) is 5.75 Å². The fraction of sp³-hybridized carbons (Fsp3) is 0.333. The second-order valence-corrected chi connectivity index (χ2v) is 5.84. The molecule has 0 heterocycles. The Morgan fingerprint density at radius 1 is 1.05 bits per heavy atom. The first-order valence-corrected chi connectivity index (χ1v) is 7.63. The van der Waals surface area contributed by atoms with Gasteiger partial charge in [0.25, 0.3) is 0 Å². The monoisotopic (exact) mass is 303 g/mol. The number of ether oxygens (including phenoxy) is 1. The van der Waals surface area contributed by atoms with Gasteiger partial charge in [0.05, 0.1) is 0 Å². The Morgan fingerprint density at radius 3 is 2.62 bits per heavy atom. The van der Waals surface area contributed by atoms with Gasteiger partial charge in [-0.3, -0.25) is 0 Å². The fourth-order valence-electron chi connectivity index (χ4n) is 2.17. The smallest absolute Gasteiger partial charge is 0.120 e. The van der Waals surface area contributed by atoms with Crippen LogP contribution in [-0.4, -0.2) is 25.5 Å². The second kappa shape index (κ2) is 8.06. The van der Waals surface area contributed by atoms with Crippen LogP contribution in [-0.2, 0) is 13.0 Å². The maximum absolute atomic E-state index is 6.14. The first-order valence-electron chi connectivity index (χ1n) is 7.25. The number of nitrogens with zero attached hydrogens (tertiary/aromatic N) is 1. The van der Waals surface area contributed by atoms with E-state index in [0.717, 1.165) is 35.7 Å². The first kappa shape index (κ1) is 15.9. The van der Waals surface area contributed by atoms with Crippen LogP contribution in [0.1, 0.15) is 17.5 Å². The van der Waals surface area contributed by atoms with Gasteiger partial charge in [-0.2, -0.15) is 0 Å². The summed E-state index contributed by atoms with van der Waals surface area (Å²) in [5.74, 6) is 0.900. The molecule has 0 amide bonds. The van der Waals surface area contributed by atoms with Gasteiger partial charge in [0, 0.05) is 10.6 Å². The zero-order valence-corrected chi connectivity index (χ0v) is 13.4. The van der Waals surface area contributed by atoms with Crippen molar-refractivity contribution in [3.05, 3.63) is 64.7 Å². The van der Waals surface area contributed by atoms with Crippen LogP contribution in [0.25, 0.3) is 0 Å². The van der Waals surface area contributed by atoms with Gasteiger partial charge in [0.2, 0.25) is 0 Å². The average Bonchev–Trinajstić information content (AvgIpc) is 2.46. The first-order chi connectivity index (χ1) is 10.1. The van der Waals surface area contributed by atoms with Gasteiger partial charge in [0.1, 0.15) is 12.4 Å². The molecule has 0 aromatic heterocycles. The van der Waals surface area contributed by atoms with E-state index in [9.17, 15) is 0 Å². The second-order valence-electron chi connectivity index (χ2n) is 5.43. The summed E-state index contributed by atoms with van der Waals surface area (Å²) in [6.07, 6.45) is 2.22. The minimum Gasteiger partial charge on any atom is -0.489 e. The van der Waals surface area contributed by atoms with Gasteiger partial charge in [-0.05, 0) is 57.2 Å². The molecule has 2 nitrogen and oxygen atoms in total. The van der Waals surface area contributed by atoms with Crippen LogP contribution in [0.5, 0.6) is 5.75 Å². The van der Waals surface area contributed by atoms with E-state index in [0.29, 0.717) is 6.61 Å². The van der Waals surface area contributed by atoms with E-state index in [-0.39, 0.29) is 0 Å². The highest BCUT2D eigenvalue weighted by Gasteiger charge is 2.02. The molecule has 0 spiro atoms. The third-order valence-electron chi connectivity index (χ3n) is 3.32. The zero-order valence-electron chi connectivity index (χ0n) is 12.7. The van der Waals surface area contributed by atoms with Crippen LogP contribution in [0, 0.1) is 0 Å². The summed E-state index contributed by atoms with van der Waals surface area (Å²) >= 11 is 6.14. The summed E-state index contributed by atoms with van der Waals surface area (Å²) < 4.78 is 5.85. The summed E-state index contributed by atoms with van der Waals surface area (Å²) in [5.41, 5.74) is 2.32. The zero-order chi connectivity index (χ0) is 15.1. The Morgan fingerprint density at radius 2 is 1.86 bits per heavy atom. The lowest BCUT2D eigenvalue weighted by Crippen LogP contribution is -2.13. The molecule has 3 heteroatoms. The number of aryl methyl sites for hydroxylation is 1. The Labute approximate surface area is 132 Å². The molecule has 0 unspecified atom stereocenters. The molecule has 112 valence electrons. The number of hydrogen-bond donors (Lipinski definition) is 0. The number of benzene rings is 2. The van der Waals surface area contributed by atoms with Crippen molar-refractivity contribution in [2.45, 2.75) is 19.4 Å². The van der Waals surface area contributed by atoms with E-state index in [1.54, 1.807) is 0 Å². The Balaban J connectivity index is 1.90. The third-order valence-corrected chi connectivity index (χ3v) is 3.69. The van der Waals surface area contributed by atoms with Crippen molar-refractivity contribution in [1.29, 1.82) is 0 Å². The largest absolute Gasteiger partial charge is 0.489 e. The van der Waals surface area contributed by atoms with Gasteiger partial charge < -0.3 is 9.64 Å². The normalized spacial score (nSPS) is 10.9. The minimum atomic E-state index is 0.501. The van der Waals surface area contributed by atoms with Crippen LogP contribution >= 0.6 is 11.6 Å². The van der Waals surface area contributed by atoms with Crippen LogP contribution in [0.3, 0.4) is 0 Å². The number of rotatable bonds is 7. The summed E-state index contributed by atoms with van der Waals surface area (Å²) in [7, 11) is 4.20. The molecule has 0 N–H and O–H groups in total. The molecule has 2 rings (SSSR count). The van der Waals surface area contributed by atoms with Gasteiger partial charge in [-0.15, -0.1) is 0 Å². The Hall–Kier alpha value is -1.51. The molecule has 0 radical (unpaired) electrons. The molecule has 0 saturated heterocycles. The molecule has 0 fully saturated rings. The summed E-state index contributed by atoms with van der Waals surface area (Å²) in [4.78, 5) is 2.21. The van der Waals surface area contributed by atoms with Gasteiger partial charge in [-0.25, -0.2) is 0 Å². The van der Waals surface area contributed by atoms with E-state index < -0.39 is 0 Å². The quantitative estimate of drug-likeness (QED) is 0.751. The molecule has 0 bridgehead atoms. The number of halogens is 1. The molecule has 0 aliphatic rings. The van der Waals surface area contributed by atoms with Crippen LogP contribution in [0.4, 0.5) is 0 Å². The molecular weight excluding hydrogens is 282 g/mol. The van der Waals surface area contributed by atoms with Crippen molar-refractivity contribution in [2.75, 3.05) is 20.6 Å². The lowest BCUT2D eigenvalue weighted by atomic mass is 10.1. The lowest BCUT2D eigenvalue weighted by molar-refractivity contribution is 0.306. The van der Waals surface area contributed by atoms with Crippen molar-refractivity contribution >= 4 is 11.6 Å². The van der Waals surface area contributed by atoms with E-state index >= 15 is 0 Å². The molecule has 21 heavy (non-hydrogen) atoms. The standard InChI is InChI=1S/C18H22ClNO/c1-20(2)12-6-8-15-7-5-10-17(13-15)21-14-16-9-3-4-11-18(16)19/h3-5,7,9-11,13H,6,8,12,14H2,1-2H3. The van der Waals surface area contributed by atoms with E-state index in [1.807, 2.05) is 36.4 Å². The van der Waals surface area contributed by atoms with Crippen molar-refractivity contribution < 1.29 is 4.74 Å². The van der Waals surface area contributed by atoms with Crippen molar-refractivity contribution in [2.24, 2.45) is 0 Å². The van der Waals surface area contributed by atoms with Gasteiger partial charge >= 0.3 is 0 Å². The van der Waals surface area contributed by atoms with Crippen molar-refractivity contribution in [3.63, 3.8) is 0 Å². The van der Waals surface area contributed by atoms with Crippen LogP contribution in [0.15, 0.2) is 48.5 Å². The molecule has 0 aliphatic heterocycles. The van der Waals surface area contributed by atoms with E-state index in [2.05, 4.69) is 31.1 Å². The van der Waals surface area contributed by atoms with Crippen LogP contribution < -0.4 is 4.74 Å². The summed E-state index contributed by atoms with van der Waals surface area (Å²) in [6.45, 7) is 1.60. The molecule has 0 aliphatic carbocycles. The highest BCUT2D eigenvalue weighted by atomic mass is 35.5. The topological polar surface area (TPSA) is 12.5 Å². The predicted octanol–water partition coefficient (Wildman–Crippen LogP) is 4.41. The van der Waals surface area contributed by atoms with Crippen molar-refractivity contribution in [1.82, 2.24) is 4.90 Å². The summed E-state index contributed by atoms with van der Waals surface area (Å²) in [6, 6.07) is 16.1. The fourth-order valence-corrected chi connectivity index (χ4v) is 2.36. The minimum absolute atomic E-state index is 0.501. The molecule has 0 saturated carbocycles. The highest BCUT2D eigenvalue weighted by molar-refractivity contribution is 6.31. The van der Waals surface area contributed by atoms with Crippen LogP contribution in [0.2, 0.25) is 5.02 Å². The van der Waals surface area contributed by atoms with E-state index in [1.165, 1.54) is 5.56 Å². The maximum Gasteiger partial charge on any atom is 0.120 e. The lowest BCUT2D eigenvalue weighted by Gasteiger charge is -2.11. The molecular formula is C18H22ClNO. The summed E-state index contributed by atoms with van der Waals surface area (Å²) in [5, 5.41) is 0.750.